The van der Waals surface area contributed by atoms with E-state index in [2.05, 4.69) is 10.3 Å². The Morgan fingerprint density at radius 2 is 1.87 bits per heavy atom. The van der Waals surface area contributed by atoms with Crippen LogP contribution in [0.1, 0.15) is 43.7 Å². The third kappa shape index (κ3) is 6.99. The molecule has 1 unspecified atom stereocenters. The lowest BCUT2D eigenvalue weighted by atomic mass is 9.91. The number of carbonyl (C=O) groups excluding carboxylic acids is 4. The molecular formula is C27H32N2O9. The lowest BCUT2D eigenvalue weighted by Gasteiger charge is -2.29. The standard InChI is InChI=1S/C27H32N2O9/c1-5-35-20-11-12-28-21(22(20)30)24(31)29-19-14-36-26(33)18(13-17-9-7-6-8-10-17)23(16(4)37-27(19)34)38-25(32)15(2)3/h6-12,15-16,18-19,23,30H,5,13-14H2,1-4H3,(H,29,31)/t16-,18+,19?,23-/m0/s1. The molecule has 1 saturated heterocycles. The Balaban J connectivity index is 1.86. The van der Waals surface area contributed by atoms with E-state index in [1.807, 2.05) is 30.3 Å². The molecule has 1 aliphatic rings. The van der Waals surface area contributed by atoms with Crippen LogP contribution >= 0.6 is 0 Å². The Morgan fingerprint density at radius 3 is 2.53 bits per heavy atom. The highest BCUT2D eigenvalue weighted by Gasteiger charge is 2.42. The van der Waals surface area contributed by atoms with Gasteiger partial charge in [0, 0.05) is 12.3 Å². The number of esters is 3. The zero-order chi connectivity index (χ0) is 27.8. The van der Waals surface area contributed by atoms with Gasteiger partial charge in [-0.25, -0.2) is 9.78 Å². The van der Waals surface area contributed by atoms with Gasteiger partial charge in [0.15, 0.2) is 29.3 Å². The van der Waals surface area contributed by atoms with E-state index in [-0.39, 0.29) is 24.5 Å². The second-order valence-corrected chi connectivity index (χ2v) is 9.09. The minimum Gasteiger partial charge on any atom is -0.503 e. The zero-order valence-corrected chi connectivity index (χ0v) is 21.7. The number of cyclic esters (lactones) is 2. The number of ether oxygens (including phenoxy) is 4. The minimum absolute atomic E-state index is 0.0447. The van der Waals surface area contributed by atoms with E-state index in [0.717, 1.165) is 5.56 Å². The molecule has 2 N–H and O–H groups in total. The predicted octanol–water partition coefficient (Wildman–Crippen LogP) is 2.20. The number of carbonyl (C=O) groups is 4. The zero-order valence-electron chi connectivity index (χ0n) is 21.7. The molecule has 204 valence electrons. The summed E-state index contributed by atoms with van der Waals surface area (Å²) in [6, 6.07) is 9.05. The maximum absolute atomic E-state index is 13.2. The van der Waals surface area contributed by atoms with Crippen molar-refractivity contribution in [3.05, 3.63) is 53.9 Å². The molecule has 3 rings (SSSR count). The van der Waals surface area contributed by atoms with Crippen LogP contribution in [0.15, 0.2) is 42.6 Å². The molecule has 4 atom stereocenters. The van der Waals surface area contributed by atoms with Gasteiger partial charge in [-0.15, -0.1) is 0 Å². The van der Waals surface area contributed by atoms with Gasteiger partial charge < -0.3 is 29.4 Å². The molecule has 1 fully saturated rings. The number of benzene rings is 1. The van der Waals surface area contributed by atoms with Crippen molar-refractivity contribution in [3.8, 4) is 11.5 Å². The SMILES string of the molecule is CCOc1ccnc(C(=O)NC2COC(=O)[C@H](Cc3ccccc3)[C@@H](OC(=O)C(C)C)[C@H](C)OC2=O)c1O. The third-order valence-corrected chi connectivity index (χ3v) is 5.87. The maximum atomic E-state index is 13.2. The van der Waals surface area contributed by atoms with Gasteiger partial charge in [0.25, 0.3) is 5.91 Å². The molecule has 0 spiro atoms. The number of aromatic hydroxyl groups is 1. The second-order valence-electron chi connectivity index (χ2n) is 9.09. The first-order valence-electron chi connectivity index (χ1n) is 12.4. The summed E-state index contributed by atoms with van der Waals surface area (Å²) in [6.45, 7) is 6.21. The molecule has 0 radical (unpaired) electrons. The Morgan fingerprint density at radius 1 is 1.16 bits per heavy atom. The normalized spacial score (nSPS) is 21.8. The van der Waals surface area contributed by atoms with Gasteiger partial charge in [-0.05, 0) is 25.8 Å². The van der Waals surface area contributed by atoms with Crippen LogP contribution < -0.4 is 10.1 Å². The van der Waals surface area contributed by atoms with Crippen molar-refractivity contribution >= 4 is 23.8 Å². The lowest BCUT2D eigenvalue weighted by molar-refractivity contribution is -0.176. The molecule has 1 amide bonds. The summed E-state index contributed by atoms with van der Waals surface area (Å²) < 4.78 is 21.9. The smallest absolute Gasteiger partial charge is 0.332 e. The first-order valence-corrected chi connectivity index (χ1v) is 12.4. The molecule has 0 bridgehead atoms. The van der Waals surface area contributed by atoms with Crippen molar-refractivity contribution in [1.82, 2.24) is 10.3 Å². The predicted molar refractivity (Wildman–Crippen MR) is 133 cm³/mol. The van der Waals surface area contributed by atoms with Crippen molar-refractivity contribution < 1.29 is 43.2 Å². The number of aromatic nitrogens is 1. The van der Waals surface area contributed by atoms with Crippen molar-refractivity contribution in [1.29, 1.82) is 0 Å². The molecule has 38 heavy (non-hydrogen) atoms. The summed E-state index contributed by atoms with van der Waals surface area (Å²) in [5.41, 5.74) is 0.409. The van der Waals surface area contributed by atoms with Gasteiger partial charge in [0.1, 0.15) is 18.6 Å². The average molecular weight is 529 g/mol. The van der Waals surface area contributed by atoms with E-state index < -0.39 is 66.3 Å². The van der Waals surface area contributed by atoms with Crippen LogP contribution in [0, 0.1) is 11.8 Å². The first-order chi connectivity index (χ1) is 18.1. The van der Waals surface area contributed by atoms with Crippen LogP contribution in [0.25, 0.3) is 0 Å². The maximum Gasteiger partial charge on any atom is 0.332 e. The molecule has 1 aliphatic heterocycles. The summed E-state index contributed by atoms with van der Waals surface area (Å²) in [7, 11) is 0. The summed E-state index contributed by atoms with van der Waals surface area (Å²) in [5, 5.41) is 12.7. The van der Waals surface area contributed by atoms with Crippen molar-refractivity contribution in [3.63, 3.8) is 0 Å². The van der Waals surface area contributed by atoms with E-state index in [0.29, 0.717) is 0 Å². The van der Waals surface area contributed by atoms with Gasteiger partial charge in [0.05, 0.1) is 12.5 Å². The Hall–Kier alpha value is -4.15. The minimum atomic E-state index is -1.41. The van der Waals surface area contributed by atoms with E-state index in [1.165, 1.54) is 19.2 Å². The molecule has 1 aromatic carbocycles. The fourth-order valence-electron chi connectivity index (χ4n) is 3.85. The number of nitrogens with zero attached hydrogens (tertiary/aromatic N) is 1. The third-order valence-electron chi connectivity index (χ3n) is 5.87. The summed E-state index contributed by atoms with van der Waals surface area (Å²) in [4.78, 5) is 55.5. The van der Waals surface area contributed by atoms with Crippen molar-refractivity contribution in [2.24, 2.45) is 11.8 Å². The highest BCUT2D eigenvalue weighted by atomic mass is 16.6. The molecular weight excluding hydrogens is 496 g/mol. The van der Waals surface area contributed by atoms with E-state index in [9.17, 15) is 24.3 Å². The molecule has 1 aromatic heterocycles. The van der Waals surface area contributed by atoms with Crippen LogP contribution in [-0.4, -0.2) is 65.4 Å². The van der Waals surface area contributed by atoms with E-state index in [1.54, 1.807) is 20.8 Å². The van der Waals surface area contributed by atoms with Gasteiger partial charge in [-0.1, -0.05) is 44.2 Å². The number of hydrogen-bond acceptors (Lipinski definition) is 10. The van der Waals surface area contributed by atoms with Crippen LogP contribution in [-0.2, 0) is 35.0 Å². The fourth-order valence-corrected chi connectivity index (χ4v) is 3.85. The van der Waals surface area contributed by atoms with Crippen LogP contribution in [0.3, 0.4) is 0 Å². The van der Waals surface area contributed by atoms with Gasteiger partial charge in [-0.2, -0.15) is 0 Å². The number of amides is 1. The Kier molecular flexibility index (Phi) is 9.64. The van der Waals surface area contributed by atoms with Gasteiger partial charge in [0.2, 0.25) is 0 Å². The molecule has 0 aliphatic carbocycles. The Labute approximate surface area is 220 Å². The van der Waals surface area contributed by atoms with Crippen LogP contribution in [0.2, 0.25) is 0 Å². The molecule has 0 saturated carbocycles. The monoisotopic (exact) mass is 528 g/mol. The second kappa shape index (κ2) is 12.9. The number of hydrogen-bond donors (Lipinski definition) is 2. The molecule has 2 heterocycles. The lowest BCUT2D eigenvalue weighted by Crippen LogP contribution is -2.47. The number of nitrogens with one attached hydrogen (secondary N) is 1. The van der Waals surface area contributed by atoms with E-state index in [4.69, 9.17) is 18.9 Å². The Bertz CT molecular complexity index is 1150. The van der Waals surface area contributed by atoms with E-state index >= 15 is 0 Å². The topological polar surface area (TPSA) is 150 Å². The van der Waals surface area contributed by atoms with Gasteiger partial charge in [-0.3, -0.25) is 14.4 Å². The average Bonchev–Trinajstić information content (AvgIpc) is 2.92. The summed E-state index contributed by atoms with van der Waals surface area (Å²) in [6.07, 6.45) is -0.747. The molecule has 11 heteroatoms. The van der Waals surface area contributed by atoms with Crippen LogP contribution in [0.4, 0.5) is 0 Å². The summed E-state index contributed by atoms with van der Waals surface area (Å²) in [5.74, 6) is -5.03. The number of rotatable bonds is 8. The van der Waals surface area contributed by atoms with Crippen LogP contribution in [0.5, 0.6) is 11.5 Å². The largest absolute Gasteiger partial charge is 0.503 e. The molecule has 2 aromatic rings. The summed E-state index contributed by atoms with van der Waals surface area (Å²) >= 11 is 0. The van der Waals surface area contributed by atoms with Crippen molar-refractivity contribution in [2.75, 3.05) is 13.2 Å². The highest BCUT2D eigenvalue weighted by molar-refractivity contribution is 5.98. The quantitative estimate of drug-likeness (QED) is 0.385. The van der Waals surface area contributed by atoms with Gasteiger partial charge >= 0.3 is 17.9 Å². The first kappa shape index (κ1) is 28.4. The fraction of sp³-hybridized carbons (Fsp3) is 0.444. The number of pyridine rings is 1. The molecule has 11 nitrogen and oxygen atoms in total. The van der Waals surface area contributed by atoms with Crippen molar-refractivity contribution in [2.45, 2.75) is 52.4 Å². The highest BCUT2D eigenvalue weighted by Crippen LogP contribution is 2.28.